The quantitative estimate of drug-likeness (QED) is 0.823. The van der Waals surface area contributed by atoms with Gasteiger partial charge in [-0.05, 0) is 18.2 Å². The summed E-state index contributed by atoms with van der Waals surface area (Å²) in [5.41, 5.74) is 1.59. The van der Waals surface area contributed by atoms with Crippen molar-refractivity contribution in [1.82, 2.24) is 9.97 Å². The van der Waals surface area contributed by atoms with Gasteiger partial charge in [0.15, 0.2) is 10.6 Å². The summed E-state index contributed by atoms with van der Waals surface area (Å²) in [6.45, 7) is 0. The minimum Gasteiger partial charge on any atom is -0.369 e. The first-order valence-corrected chi connectivity index (χ1v) is 7.85. The highest BCUT2D eigenvalue weighted by Crippen LogP contribution is 2.34. The van der Waals surface area contributed by atoms with Crippen molar-refractivity contribution in [3.63, 3.8) is 0 Å². The number of aromatic amines is 1. The van der Waals surface area contributed by atoms with Crippen LogP contribution < -0.4 is 11.3 Å². The van der Waals surface area contributed by atoms with Crippen LogP contribution in [0.2, 0.25) is 10.0 Å². The Bertz CT molecular complexity index is 942. The van der Waals surface area contributed by atoms with Gasteiger partial charge in [0, 0.05) is 0 Å². The number of nitrogen functional groups attached to an aromatic ring is 1. The second-order valence-electron chi connectivity index (χ2n) is 4.21. The van der Waals surface area contributed by atoms with E-state index in [4.69, 9.17) is 28.9 Å². The molecule has 0 radical (unpaired) electrons. The van der Waals surface area contributed by atoms with E-state index >= 15 is 0 Å². The molecule has 0 saturated carbocycles. The van der Waals surface area contributed by atoms with E-state index in [-0.39, 0.29) is 10.0 Å². The Morgan fingerprint density at radius 1 is 1.17 bits per heavy atom. The molecule has 0 aliphatic heterocycles. The van der Waals surface area contributed by atoms with Crippen LogP contribution in [0.3, 0.4) is 0 Å². The van der Waals surface area contributed by atoms with Crippen molar-refractivity contribution in [2.45, 2.75) is 16.0 Å². The van der Waals surface area contributed by atoms with Gasteiger partial charge in [0.2, 0.25) is 15.8 Å². The molecule has 0 unspecified atom stereocenters. The average molecular weight is 388 g/mol. The number of nitrogens with two attached hydrogens (primary N) is 1. The number of H-pyrrole nitrogens is 1. The maximum Gasteiger partial charge on any atom is 0.435 e. The maximum atomic E-state index is 13.0. The zero-order chi connectivity index (χ0) is 17.6. The second kappa shape index (κ2) is 5.69. The highest BCUT2D eigenvalue weighted by atomic mass is 35.5. The van der Waals surface area contributed by atoms with Crippen LogP contribution in [-0.2, 0) is 16.0 Å². The Hall–Kier alpha value is -1.78. The maximum absolute atomic E-state index is 13.0. The van der Waals surface area contributed by atoms with E-state index in [1.807, 2.05) is 0 Å². The summed E-state index contributed by atoms with van der Waals surface area (Å²) in [5.74, 6) is -0.865. The molecule has 1 aromatic carbocycles. The molecule has 23 heavy (non-hydrogen) atoms. The first kappa shape index (κ1) is 17.6. The molecule has 3 N–H and O–H groups in total. The van der Waals surface area contributed by atoms with Gasteiger partial charge in [-0.2, -0.15) is 13.2 Å². The average Bonchev–Trinajstić information content (AvgIpc) is 2.39. The molecular formula is C11H6Cl2F3N3O3S. The van der Waals surface area contributed by atoms with E-state index in [2.05, 4.69) is 4.98 Å². The standard InChI is InChI=1S/C11H6Cl2F3N3O3S/c12-5-2-1-4(3-6(5)13)23(21,22)7-8(11(14,15)16)18-10(17)19-9(7)20/h1-3H,(H3,17,18,19,20). The Labute approximate surface area is 137 Å². The van der Waals surface area contributed by atoms with E-state index in [1.165, 1.54) is 0 Å². The largest absolute Gasteiger partial charge is 0.435 e. The summed E-state index contributed by atoms with van der Waals surface area (Å²) in [6.07, 6.45) is -5.21. The fraction of sp³-hybridized carbons (Fsp3) is 0.0909. The van der Waals surface area contributed by atoms with E-state index in [0.29, 0.717) is 0 Å². The van der Waals surface area contributed by atoms with E-state index in [9.17, 15) is 26.4 Å². The van der Waals surface area contributed by atoms with Crippen LogP contribution in [0.5, 0.6) is 0 Å². The number of halogens is 5. The first-order chi connectivity index (χ1) is 10.4. The highest BCUT2D eigenvalue weighted by molar-refractivity contribution is 7.91. The van der Waals surface area contributed by atoms with E-state index in [1.54, 1.807) is 4.98 Å². The molecule has 0 fully saturated rings. The van der Waals surface area contributed by atoms with E-state index < -0.39 is 43.0 Å². The predicted octanol–water partition coefficient (Wildman–Crippen LogP) is 2.51. The third-order valence-electron chi connectivity index (χ3n) is 2.63. The van der Waals surface area contributed by atoms with Crippen molar-refractivity contribution in [2.24, 2.45) is 0 Å². The number of hydrogen-bond acceptors (Lipinski definition) is 5. The topological polar surface area (TPSA) is 106 Å². The monoisotopic (exact) mass is 387 g/mol. The van der Waals surface area contributed by atoms with Crippen molar-refractivity contribution in [1.29, 1.82) is 0 Å². The van der Waals surface area contributed by atoms with Gasteiger partial charge in [0.25, 0.3) is 5.56 Å². The molecule has 6 nitrogen and oxygen atoms in total. The zero-order valence-corrected chi connectivity index (χ0v) is 13.1. The molecule has 2 aromatic rings. The molecule has 1 heterocycles. The lowest BCUT2D eigenvalue weighted by Crippen LogP contribution is -2.27. The van der Waals surface area contributed by atoms with Crippen molar-refractivity contribution in [3.05, 3.63) is 44.3 Å². The molecule has 0 bridgehead atoms. The molecule has 0 aliphatic rings. The SMILES string of the molecule is Nc1nc(C(F)(F)F)c(S(=O)(=O)c2ccc(Cl)c(Cl)c2)c(=O)[nH]1. The van der Waals surface area contributed by atoms with Crippen LogP contribution in [0.4, 0.5) is 19.1 Å². The van der Waals surface area contributed by atoms with Crippen LogP contribution in [0.15, 0.2) is 32.8 Å². The van der Waals surface area contributed by atoms with Gasteiger partial charge in [-0.1, -0.05) is 23.2 Å². The lowest BCUT2D eigenvalue weighted by atomic mass is 10.4. The molecule has 2 rings (SSSR count). The molecule has 0 aliphatic carbocycles. The normalized spacial score (nSPS) is 12.4. The molecule has 12 heteroatoms. The number of anilines is 1. The zero-order valence-electron chi connectivity index (χ0n) is 10.8. The smallest absolute Gasteiger partial charge is 0.369 e. The van der Waals surface area contributed by atoms with Crippen molar-refractivity contribution < 1.29 is 21.6 Å². The summed E-state index contributed by atoms with van der Waals surface area (Å²) in [6, 6.07) is 2.82. The van der Waals surface area contributed by atoms with Gasteiger partial charge in [-0.25, -0.2) is 13.4 Å². The lowest BCUT2D eigenvalue weighted by molar-refractivity contribution is -0.143. The van der Waals surface area contributed by atoms with Gasteiger partial charge in [-0.3, -0.25) is 9.78 Å². The molecular weight excluding hydrogens is 382 g/mol. The number of hydrogen-bond donors (Lipinski definition) is 2. The van der Waals surface area contributed by atoms with Crippen LogP contribution in [0, 0.1) is 0 Å². The Morgan fingerprint density at radius 3 is 2.30 bits per heavy atom. The fourth-order valence-electron chi connectivity index (χ4n) is 1.68. The van der Waals surface area contributed by atoms with Crippen LogP contribution in [0.1, 0.15) is 5.69 Å². The predicted molar refractivity (Wildman–Crippen MR) is 76.2 cm³/mol. The van der Waals surface area contributed by atoms with Crippen LogP contribution in [0.25, 0.3) is 0 Å². The number of aromatic nitrogens is 2. The fourth-order valence-corrected chi connectivity index (χ4v) is 3.51. The Balaban J connectivity index is 2.84. The van der Waals surface area contributed by atoms with Gasteiger partial charge < -0.3 is 5.73 Å². The Morgan fingerprint density at radius 2 is 1.78 bits per heavy atom. The number of rotatable bonds is 2. The summed E-state index contributed by atoms with van der Waals surface area (Å²) >= 11 is 11.3. The van der Waals surface area contributed by atoms with Gasteiger partial charge in [0.05, 0.1) is 14.9 Å². The summed E-state index contributed by atoms with van der Waals surface area (Å²) in [5, 5.41) is -0.216. The number of sulfone groups is 1. The molecule has 124 valence electrons. The molecule has 0 spiro atoms. The first-order valence-electron chi connectivity index (χ1n) is 5.61. The number of nitrogens with zero attached hydrogens (tertiary/aromatic N) is 1. The number of nitrogens with one attached hydrogen (secondary N) is 1. The molecule has 1 aromatic heterocycles. The minimum absolute atomic E-state index is 0.00833. The molecule has 0 saturated heterocycles. The summed E-state index contributed by atoms with van der Waals surface area (Å²) in [7, 11) is -4.86. The van der Waals surface area contributed by atoms with Gasteiger partial charge in [-0.15, -0.1) is 0 Å². The van der Waals surface area contributed by atoms with Crippen molar-refractivity contribution in [3.8, 4) is 0 Å². The van der Waals surface area contributed by atoms with Crippen molar-refractivity contribution in [2.75, 3.05) is 5.73 Å². The Kier molecular flexibility index (Phi) is 4.35. The minimum atomic E-state index is -5.21. The van der Waals surface area contributed by atoms with Gasteiger partial charge in [0.1, 0.15) is 0 Å². The van der Waals surface area contributed by atoms with Gasteiger partial charge >= 0.3 is 6.18 Å². The highest BCUT2D eigenvalue weighted by Gasteiger charge is 2.42. The third kappa shape index (κ3) is 3.28. The molecule has 0 amide bonds. The number of alkyl halides is 3. The summed E-state index contributed by atoms with van der Waals surface area (Å²) in [4.78, 5) is 14.2. The molecule has 0 atom stereocenters. The van der Waals surface area contributed by atoms with Crippen LogP contribution >= 0.6 is 23.2 Å². The van der Waals surface area contributed by atoms with Crippen LogP contribution in [-0.4, -0.2) is 18.4 Å². The lowest BCUT2D eigenvalue weighted by Gasteiger charge is -2.12. The second-order valence-corrected chi connectivity index (χ2v) is 6.91. The summed E-state index contributed by atoms with van der Waals surface area (Å²) < 4.78 is 63.8. The van der Waals surface area contributed by atoms with Crippen molar-refractivity contribution >= 4 is 39.0 Å². The number of benzene rings is 1. The third-order valence-corrected chi connectivity index (χ3v) is 5.16. The van der Waals surface area contributed by atoms with E-state index in [0.717, 1.165) is 18.2 Å².